The summed E-state index contributed by atoms with van der Waals surface area (Å²) in [6.07, 6.45) is 34.6. The molecule has 0 aromatic carbocycles. The van der Waals surface area contributed by atoms with Crippen LogP contribution in [-0.2, 0) is 19.1 Å². The number of rotatable bonds is 34. The topological polar surface area (TPSA) is 76.7 Å². The van der Waals surface area contributed by atoms with Crippen molar-refractivity contribution in [1.82, 2.24) is 10.4 Å². The van der Waals surface area contributed by atoms with Gasteiger partial charge in [0.2, 0.25) is 0 Å². The predicted octanol–water partition coefficient (Wildman–Crippen LogP) is 12.5. The van der Waals surface area contributed by atoms with E-state index in [-0.39, 0.29) is 20.0 Å². The lowest BCUT2D eigenvalue weighted by atomic mass is 10.1. The van der Waals surface area contributed by atoms with Gasteiger partial charge in [0.15, 0.2) is 0 Å². The Morgan fingerprint density at radius 1 is 0.458 bits per heavy atom. The van der Waals surface area contributed by atoms with Crippen molar-refractivity contribution in [1.29, 1.82) is 0 Å². The van der Waals surface area contributed by atoms with Gasteiger partial charge in [0, 0.05) is 12.8 Å². The number of carbonyl (C=O) groups excluding carboxylic acids is 2. The lowest BCUT2D eigenvalue weighted by Crippen LogP contribution is -2.19. The zero-order valence-electron chi connectivity index (χ0n) is 33.7. The number of nitrogens with one attached hydrogen (secondary N) is 2. The Labute approximate surface area is 303 Å². The summed E-state index contributed by atoms with van der Waals surface area (Å²) in [6, 6.07) is 0. The Kier molecular flexibility index (Phi) is 52.1. The smallest absolute Gasteiger partial charge is 0.305 e. The quantitative estimate of drug-likeness (QED) is 0.0395. The number of carbonyl (C=O) groups is 2. The number of ether oxygens (including phenoxy) is 2. The Balaban J connectivity index is -0.000000645. The second kappa shape index (κ2) is 48.4. The van der Waals surface area contributed by atoms with Gasteiger partial charge in [0.1, 0.15) is 0 Å². The van der Waals surface area contributed by atoms with E-state index in [2.05, 4.69) is 52.1 Å². The van der Waals surface area contributed by atoms with Crippen molar-refractivity contribution in [3.8, 4) is 0 Å². The minimum absolute atomic E-state index is 0.0120. The summed E-state index contributed by atoms with van der Waals surface area (Å²) < 4.78 is 10.1. The molecule has 6 nitrogen and oxygen atoms in total. The fourth-order valence-electron chi connectivity index (χ4n) is 5.04. The van der Waals surface area contributed by atoms with E-state index in [4.69, 9.17) is 9.47 Å². The molecule has 0 spiro atoms. The fourth-order valence-corrected chi connectivity index (χ4v) is 7.16. The highest BCUT2D eigenvalue weighted by Gasteiger charge is 2.06. The summed E-state index contributed by atoms with van der Waals surface area (Å²) in [5.74, 6) is -0.0874. The van der Waals surface area contributed by atoms with Crippen molar-refractivity contribution >= 4 is 20.0 Å². The molecule has 0 saturated heterocycles. The number of esters is 2. The molecule has 2 N–H and O–H groups in total. The van der Waals surface area contributed by atoms with Crippen LogP contribution in [0.3, 0.4) is 0 Å². The highest BCUT2D eigenvalue weighted by atomic mass is 31.1. The zero-order chi connectivity index (χ0) is 36.2. The Hall–Kier alpha value is -0.710. The van der Waals surface area contributed by atoms with Gasteiger partial charge in [-0.2, -0.15) is 0 Å². The summed E-state index contributed by atoms with van der Waals surface area (Å²) in [4.78, 5) is 22.0. The first kappa shape index (κ1) is 51.7. The molecular formula is C41H87N2O4P. The summed E-state index contributed by atoms with van der Waals surface area (Å²) in [5, 5.41) is 7.11. The molecule has 0 aliphatic heterocycles. The molecule has 0 amide bonds. The summed E-state index contributed by atoms with van der Waals surface area (Å²) in [7, 11) is 2.14. The molecule has 0 rings (SSSR count). The van der Waals surface area contributed by atoms with Gasteiger partial charge >= 0.3 is 11.9 Å². The molecule has 0 aromatic rings. The van der Waals surface area contributed by atoms with E-state index in [9.17, 15) is 9.59 Å². The van der Waals surface area contributed by atoms with E-state index in [1.807, 2.05) is 6.92 Å². The average Bonchev–Trinajstić information content (AvgIpc) is 3.10. The van der Waals surface area contributed by atoms with E-state index in [1.54, 1.807) is 0 Å². The molecule has 290 valence electrons. The summed E-state index contributed by atoms with van der Waals surface area (Å²) in [5.41, 5.74) is 0. The fraction of sp³-hybridized carbons (Fsp3) is 0.951. The van der Waals surface area contributed by atoms with E-state index < -0.39 is 0 Å². The first-order chi connectivity index (χ1) is 23.5. The molecule has 0 aromatic heterocycles. The third-order valence-electron chi connectivity index (χ3n) is 8.32. The standard InChI is InChI=1S/C16H37N2P.C14H28O2.C11H22O2/c1-4-6-8-9-10-12-15-19(16-14-17-3)18-13-11-7-5-2;1-3-5-7-8-9-11-13-16-14(15)12-10-6-4-2;1-3-5-6-7-8-9-10-13-11(12)4-2/h17-18H,4-16H2,1-3H3;3-13H2,1-2H3;3-10H2,1-2H3. The largest absolute Gasteiger partial charge is 0.466 e. The lowest BCUT2D eigenvalue weighted by Gasteiger charge is -2.19. The van der Waals surface area contributed by atoms with E-state index in [0.717, 1.165) is 32.1 Å². The van der Waals surface area contributed by atoms with Crippen LogP contribution in [0.1, 0.15) is 208 Å². The molecule has 0 aliphatic carbocycles. The van der Waals surface area contributed by atoms with Crippen molar-refractivity contribution in [3.63, 3.8) is 0 Å². The minimum Gasteiger partial charge on any atom is -0.466 e. The van der Waals surface area contributed by atoms with Gasteiger partial charge in [-0.25, -0.2) is 0 Å². The highest BCUT2D eigenvalue weighted by molar-refractivity contribution is 7.55. The van der Waals surface area contributed by atoms with Gasteiger partial charge < -0.3 is 14.8 Å². The maximum atomic E-state index is 11.2. The van der Waals surface area contributed by atoms with Crippen molar-refractivity contribution < 1.29 is 19.1 Å². The first-order valence-electron chi connectivity index (χ1n) is 20.9. The summed E-state index contributed by atoms with van der Waals surface area (Å²) >= 11 is 0. The third-order valence-corrected chi connectivity index (χ3v) is 10.6. The van der Waals surface area contributed by atoms with Crippen molar-refractivity contribution in [2.24, 2.45) is 0 Å². The molecule has 0 radical (unpaired) electrons. The number of unbranched alkanes of at least 4 members (excludes halogenated alkanes) is 19. The molecule has 1 unspecified atom stereocenters. The third kappa shape index (κ3) is 49.7. The Morgan fingerprint density at radius 2 is 0.875 bits per heavy atom. The molecular weight excluding hydrogens is 615 g/mol. The van der Waals surface area contributed by atoms with Crippen LogP contribution in [0, 0.1) is 0 Å². The maximum Gasteiger partial charge on any atom is 0.305 e. The van der Waals surface area contributed by atoms with E-state index >= 15 is 0 Å². The zero-order valence-corrected chi connectivity index (χ0v) is 34.6. The van der Waals surface area contributed by atoms with Crippen molar-refractivity contribution in [3.05, 3.63) is 0 Å². The van der Waals surface area contributed by atoms with Crippen LogP contribution in [0.25, 0.3) is 0 Å². The number of hydrogen-bond donors (Lipinski definition) is 2. The van der Waals surface area contributed by atoms with Crippen molar-refractivity contribution in [2.75, 3.05) is 45.7 Å². The van der Waals surface area contributed by atoms with Gasteiger partial charge in [0.25, 0.3) is 0 Å². The van der Waals surface area contributed by atoms with Crippen LogP contribution in [0.4, 0.5) is 0 Å². The van der Waals surface area contributed by atoms with E-state index in [1.165, 1.54) is 147 Å². The second-order valence-corrected chi connectivity index (χ2v) is 15.6. The molecule has 1 atom stereocenters. The van der Waals surface area contributed by atoms with Gasteiger partial charge in [-0.3, -0.25) is 14.7 Å². The van der Waals surface area contributed by atoms with Gasteiger partial charge in [-0.1, -0.05) is 164 Å². The molecule has 0 heterocycles. The Bertz CT molecular complexity index is 609. The molecule has 0 aliphatic rings. The van der Waals surface area contributed by atoms with Crippen LogP contribution in [0.2, 0.25) is 0 Å². The SMILES string of the molecule is CCCCCCCCOC(=O)CC.CCCCCCCCOC(=O)CCCCC.CCCCCCCCP(CCNC)NCCCCC. The highest BCUT2D eigenvalue weighted by Crippen LogP contribution is 2.31. The van der Waals surface area contributed by atoms with Crippen LogP contribution in [0.5, 0.6) is 0 Å². The van der Waals surface area contributed by atoms with Gasteiger partial charge in [-0.15, -0.1) is 0 Å². The Morgan fingerprint density at radius 3 is 1.35 bits per heavy atom. The molecule has 0 saturated carbocycles. The summed E-state index contributed by atoms with van der Waals surface area (Å²) in [6.45, 7) is 16.6. The lowest BCUT2D eigenvalue weighted by molar-refractivity contribution is -0.144. The van der Waals surface area contributed by atoms with E-state index in [0.29, 0.717) is 26.1 Å². The maximum absolute atomic E-state index is 11.2. The van der Waals surface area contributed by atoms with Crippen molar-refractivity contribution in [2.45, 2.75) is 208 Å². The van der Waals surface area contributed by atoms with Gasteiger partial charge in [-0.05, 0) is 72.6 Å². The van der Waals surface area contributed by atoms with Gasteiger partial charge in [0.05, 0.1) is 13.2 Å². The van der Waals surface area contributed by atoms with Crippen LogP contribution in [-0.4, -0.2) is 57.6 Å². The number of hydrogen-bond acceptors (Lipinski definition) is 6. The normalized spacial score (nSPS) is 11.2. The first-order valence-corrected chi connectivity index (χ1v) is 22.6. The second-order valence-electron chi connectivity index (χ2n) is 13.3. The molecule has 48 heavy (non-hydrogen) atoms. The molecule has 0 fully saturated rings. The average molecular weight is 703 g/mol. The van der Waals surface area contributed by atoms with Crippen LogP contribution < -0.4 is 10.4 Å². The monoisotopic (exact) mass is 703 g/mol. The minimum atomic E-state index is -0.0754. The molecule has 0 bridgehead atoms. The molecule has 7 heteroatoms. The van der Waals surface area contributed by atoms with Crippen LogP contribution >= 0.6 is 8.07 Å². The predicted molar refractivity (Wildman–Crippen MR) is 215 cm³/mol. The van der Waals surface area contributed by atoms with Crippen LogP contribution in [0.15, 0.2) is 0 Å².